The van der Waals surface area contributed by atoms with Crippen LogP contribution in [0, 0.1) is 13.8 Å². The van der Waals surface area contributed by atoms with Gasteiger partial charge in [-0.25, -0.2) is 8.42 Å². The number of H-pyrrole nitrogens is 1. The van der Waals surface area contributed by atoms with Gasteiger partial charge in [-0.3, -0.25) is 9.82 Å². The molecule has 0 saturated carbocycles. The number of hydrogen-bond donors (Lipinski definition) is 2. The van der Waals surface area contributed by atoms with Crippen LogP contribution in [0.1, 0.15) is 11.1 Å². The van der Waals surface area contributed by atoms with E-state index in [0.717, 1.165) is 22.0 Å². The van der Waals surface area contributed by atoms with Gasteiger partial charge >= 0.3 is 0 Å². The van der Waals surface area contributed by atoms with E-state index in [1.165, 1.54) is 7.11 Å². The molecule has 0 atom stereocenters. The molecule has 0 aliphatic heterocycles. The molecule has 7 heteroatoms. The summed E-state index contributed by atoms with van der Waals surface area (Å²) in [5.41, 5.74) is 2.85. The highest BCUT2D eigenvalue weighted by Crippen LogP contribution is 2.30. The van der Waals surface area contributed by atoms with E-state index in [9.17, 15) is 8.42 Å². The molecule has 6 nitrogen and oxygen atoms in total. The van der Waals surface area contributed by atoms with Crippen LogP contribution in [-0.4, -0.2) is 25.7 Å². The molecular weight excluding hydrogens is 314 g/mol. The molecule has 0 aliphatic rings. The molecule has 2 N–H and O–H groups in total. The van der Waals surface area contributed by atoms with Crippen molar-refractivity contribution in [1.82, 2.24) is 10.2 Å². The van der Waals surface area contributed by atoms with Crippen molar-refractivity contribution in [3.05, 3.63) is 47.7 Å². The number of aromatic nitrogens is 2. The Bertz CT molecular complexity index is 977. The minimum Gasteiger partial charge on any atom is -0.495 e. The molecule has 0 bridgehead atoms. The van der Waals surface area contributed by atoms with Gasteiger partial charge < -0.3 is 4.74 Å². The fraction of sp³-hybridized carbons (Fsp3) is 0.188. The fourth-order valence-electron chi connectivity index (χ4n) is 2.59. The number of sulfonamides is 1. The molecule has 1 heterocycles. The van der Waals surface area contributed by atoms with Gasteiger partial charge in [0.15, 0.2) is 0 Å². The molecule has 0 saturated heterocycles. The SMILES string of the molecule is COc1c(C)cc(C)cc1S(=O)(=O)Nc1ccc2cn[nH]c2c1. The molecule has 0 aliphatic carbocycles. The Labute approximate surface area is 134 Å². The van der Waals surface area contributed by atoms with Gasteiger partial charge in [-0.15, -0.1) is 0 Å². The maximum absolute atomic E-state index is 12.7. The highest BCUT2D eigenvalue weighted by Gasteiger charge is 2.22. The predicted molar refractivity (Wildman–Crippen MR) is 89.4 cm³/mol. The summed E-state index contributed by atoms with van der Waals surface area (Å²) in [6.45, 7) is 3.67. The van der Waals surface area contributed by atoms with Crippen molar-refractivity contribution in [2.75, 3.05) is 11.8 Å². The van der Waals surface area contributed by atoms with Crippen molar-refractivity contribution in [3.8, 4) is 5.75 Å². The van der Waals surface area contributed by atoms with E-state index in [2.05, 4.69) is 14.9 Å². The van der Waals surface area contributed by atoms with Gasteiger partial charge in [-0.05, 0) is 49.2 Å². The zero-order valence-electron chi connectivity index (χ0n) is 13.0. The first-order valence-electron chi connectivity index (χ1n) is 7.02. The van der Waals surface area contributed by atoms with Crippen molar-refractivity contribution in [1.29, 1.82) is 0 Å². The molecule has 1 aromatic heterocycles. The molecule has 0 amide bonds. The third kappa shape index (κ3) is 2.87. The normalized spacial score (nSPS) is 11.6. The quantitative estimate of drug-likeness (QED) is 0.770. The number of nitrogens with one attached hydrogen (secondary N) is 2. The molecule has 2 aromatic carbocycles. The molecule has 0 fully saturated rings. The second kappa shape index (κ2) is 5.58. The number of fused-ring (bicyclic) bond motifs is 1. The third-order valence-corrected chi connectivity index (χ3v) is 4.96. The van der Waals surface area contributed by atoms with Crippen LogP contribution in [-0.2, 0) is 10.0 Å². The average Bonchev–Trinajstić information content (AvgIpc) is 2.93. The van der Waals surface area contributed by atoms with Gasteiger partial charge in [0.05, 0.1) is 24.5 Å². The molecule has 3 rings (SSSR count). The Morgan fingerprint density at radius 3 is 2.70 bits per heavy atom. The number of nitrogens with zero attached hydrogens (tertiary/aromatic N) is 1. The van der Waals surface area contributed by atoms with E-state index >= 15 is 0 Å². The van der Waals surface area contributed by atoms with Gasteiger partial charge in [0.1, 0.15) is 10.6 Å². The second-order valence-corrected chi connectivity index (χ2v) is 7.04. The fourth-order valence-corrected chi connectivity index (χ4v) is 3.96. The summed E-state index contributed by atoms with van der Waals surface area (Å²) < 4.78 is 33.4. The topological polar surface area (TPSA) is 84.1 Å². The lowest BCUT2D eigenvalue weighted by molar-refractivity contribution is 0.399. The Hall–Kier alpha value is -2.54. The number of ether oxygens (including phenoxy) is 1. The van der Waals surface area contributed by atoms with Crippen LogP contribution < -0.4 is 9.46 Å². The van der Waals surface area contributed by atoms with Crippen molar-refractivity contribution in [2.24, 2.45) is 0 Å². The second-order valence-electron chi connectivity index (χ2n) is 5.39. The Morgan fingerprint density at radius 2 is 1.96 bits per heavy atom. The van der Waals surface area contributed by atoms with Gasteiger partial charge in [0.25, 0.3) is 10.0 Å². The van der Waals surface area contributed by atoms with Crippen molar-refractivity contribution in [2.45, 2.75) is 18.7 Å². The van der Waals surface area contributed by atoms with E-state index in [0.29, 0.717) is 11.4 Å². The standard InChI is InChI=1S/C16H17N3O3S/c1-10-6-11(2)16(22-3)15(7-10)23(20,21)19-13-5-4-12-9-17-18-14(12)8-13/h4-9,19H,1-3H3,(H,17,18). The molecule has 3 aromatic rings. The van der Waals surface area contributed by atoms with Crippen LogP contribution in [0.5, 0.6) is 5.75 Å². The van der Waals surface area contributed by atoms with Crippen LogP contribution in [0.25, 0.3) is 10.9 Å². The molecular formula is C16H17N3O3S. The minimum atomic E-state index is -3.76. The lowest BCUT2D eigenvalue weighted by atomic mass is 10.1. The van der Waals surface area contributed by atoms with Gasteiger partial charge in [-0.2, -0.15) is 5.10 Å². The summed E-state index contributed by atoms with van der Waals surface area (Å²) in [5.74, 6) is 0.353. The number of aromatic amines is 1. The minimum absolute atomic E-state index is 0.127. The van der Waals surface area contributed by atoms with E-state index in [-0.39, 0.29) is 4.90 Å². The van der Waals surface area contributed by atoms with Crippen molar-refractivity contribution >= 4 is 26.6 Å². The Balaban J connectivity index is 2.04. The van der Waals surface area contributed by atoms with E-state index in [1.54, 1.807) is 30.5 Å². The average molecular weight is 331 g/mol. The van der Waals surface area contributed by atoms with Crippen LogP contribution in [0.15, 0.2) is 41.4 Å². The summed E-state index contributed by atoms with van der Waals surface area (Å²) in [4.78, 5) is 0.127. The van der Waals surface area contributed by atoms with E-state index < -0.39 is 10.0 Å². The monoisotopic (exact) mass is 331 g/mol. The first-order chi connectivity index (χ1) is 10.9. The largest absolute Gasteiger partial charge is 0.495 e. The molecule has 120 valence electrons. The highest BCUT2D eigenvalue weighted by atomic mass is 32.2. The first kappa shape index (κ1) is 15.4. The smallest absolute Gasteiger partial charge is 0.265 e. The summed E-state index contributed by atoms with van der Waals surface area (Å²) in [6, 6.07) is 8.69. The lowest BCUT2D eigenvalue weighted by Gasteiger charge is -2.14. The summed E-state index contributed by atoms with van der Waals surface area (Å²) >= 11 is 0. The number of rotatable bonds is 4. The van der Waals surface area contributed by atoms with E-state index in [4.69, 9.17) is 4.74 Å². The van der Waals surface area contributed by atoms with Gasteiger partial charge in [0.2, 0.25) is 0 Å². The number of methoxy groups -OCH3 is 1. The Kier molecular flexibility index (Phi) is 3.73. The van der Waals surface area contributed by atoms with Crippen LogP contribution in [0.2, 0.25) is 0 Å². The van der Waals surface area contributed by atoms with Crippen molar-refractivity contribution < 1.29 is 13.2 Å². The maximum atomic E-state index is 12.7. The first-order valence-corrected chi connectivity index (χ1v) is 8.50. The van der Waals surface area contributed by atoms with Gasteiger partial charge in [0, 0.05) is 5.39 Å². The molecule has 0 unspecified atom stereocenters. The van der Waals surface area contributed by atoms with Crippen molar-refractivity contribution in [3.63, 3.8) is 0 Å². The summed E-state index contributed by atoms with van der Waals surface area (Å²) in [7, 11) is -2.30. The van der Waals surface area contributed by atoms with Crippen LogP contribution >= 0.6 is 0 Å². The number of hydrogen-bond acceptors (Lipinski definition) is 4. The van der Waals surface area contributed by atoms with E-state index in [1.807, 2.05) is 19.9 Å². The Morgan fingerprint density at radius 1 is 1.17 bits per heavy atom. The predicted octanol–water partition coefficient (Wildman–Crippen LogP) is 2.99. The maximum Gasteiger partial charge on any atom is 0.265 e. The highest BCUT2D eigenvalue weighted by molar-refractivity contribution is 7.92. The van der Waals surface area contributed by atoms with Crippen LogP contribution in [0.3, 0.4) is 0 Å². The zero-order chi connectivity index (χ0) is 16.6. The third-order valence-electron chi connectivity index (χ3n) is 3.57. The summed E-state index contributed by atoms with van der Waals surface area (Å²) in [6.07, 6.45) is 1.68. The summed E-state index contributed by atoms with van der Waals surface area (Å²) in [5, 5.41) is 7.66. The number of benzene rings is 2. The molecule has 0 spiro atoms. The number of aryl methyl sites for hydroxylation is 2. The molecule has 0 radical (unpaired) electrons. The molecule has 23 heavy (non-hydrogen) atoms. The van der Waals surface area contributed by atoms with Crippen LogP contribution in [0.4, 0.5) is 5.69 Å². The number of anilines is 1. The van der Waals surface area contributed by atoms with Gasteiger partial charge in [-0.1, -0.05) is 6.07 Å². The zero-order valence-corrected chi connectivity index (χ0v) is 13.9. The lowest BCUT2D eigenvalue weighted by Crippen LogP contribution is -2.15.